The van der Waals surface area contributed by atoms with Crippen molar-refractivity contribution < 1.29 is 14.7 Å². The van der Waals surface area contributed by atoms with Crippen molar-refractivity contribution in [3.63, 3.8) is 0 Å². The molecule has 1 fully saturated rings. The molecule has 21 heavy (non-hydrogen) atoms. The second kappa shape index (κ2) is 6.64. The molecule has 2 atom stereocenters. The lowest BCUT2D eigenvalue weighted by Gasteiger charge is -2.39. The van der Waals surface area contributed by atoms with E-state index in [4.69, 9.17) is 0 Å². The van der Waals surface area contributed by atoms with E-state index >= 15 is 0 Å². The minimum atomic E-state index is -1.16. The summed E-state index contributed by atoms with van der Waals surface area (Å²) in [5.41, 5.74) is -0.684. The second-order valence-corrected chi connectivity index (χ2v) is 7.60. The Morgan fingerprint density at radius 1 is 1.43 bits per heavy atom. The Morgan fingerprint density at radius 2 is 2.14 bits per heavy atom. The van der Waals surface area contributed by atoms with Crippen LogP contribution in [0.5, 0.6) is 0 Å². The van der Waals surface area contributed by atoms with Gasteiger partial charge in [0.2, 0.25) is 0 Å². The van der Waals surface area contributed by atoms with Crippen LogP contribution in [0.2, 0.25) is 0 Å². The molecule has 1 aliphatic rings. The molecule has 0 bridgehead atoms. The molecule has 1 saturated carbocycles. The van der Waals surface area contributed by atoms with E-state index in [2.05, 4.69) is 43.8 Å². The molecule has 4 nitrogen and oxygen atoms in total. The number of nitrogens with one attached hydrogen (secondary N) is 1. The predicted molar refractivity (Wildman–Crippen MR) is 92.3 cm³/mol. The number of carbonyl (C=O) groups excluding carboxylic acids is 1. The first-order valence-corrected chi connectivity index (χ1v) is 8.75. The van der Waals surface area contributed by atoms with Crippen molar-refractivity contribution in [3.05, 3.63) is 31.8 Å². The second-order valence-electron chi connectivity index (χ2n) is 5.50. The molecule has 2 unspecified atom stereocenters. The molecule has 2 rings (SSSR count). The van der Waals surface area contributed by atoms with Crippen LogP contribution in [0, 0.1) is 9.49 Å². The van der Waals surface area contributed by atoms with E-state index < -0.39 is 11.5 Å². The van der Waals surface area contributed by atoms with Gasteiger partial charge in [0.05, 0.1) is 5.56 Å². The van der Waals surface area contributed by atoms with Crippen LogP contribution in [0.15, 0.2) is 22.7 Å². The number of rotatable bonds is 3. The summed E-state index contributed by atoms with van der Waals surface area (Å²) in [5.74, 6) is -1.35. The maximum absolute atomic E-state index is 12.5. The standard InChI is InChI=1S/C15H17BrINO3/c1-9-4-2-3-7-15(9,14(20)21)18-13(19)11-8-10(17)5-6-12(11)16/h5-6,8-9H,2-4,7H2,1H3,(H,18,19)(H,20,21). The van der Waals surface area contributed by atoms with Gasteiger partial charge >= 0.3 is 5.97 Å². The molecule has 6 heteroatoms. The van der Waals surface area contributed by atoms with Gasteiger partial charge in [0.15, 0.2) is 0 Å². The topological polar surface area (TPSA) is 66.4 Å². The van der Waals surface area contributed by atoms with Gasteiger partial charge in [0.1, 0.15) is 5.54 Å². The Balaban J connectivity index is 2.31. The van der Waals surface area contributed by atoms with E-state index in [0.717, 1.165) is 22.8 Å². The fourth-order valence-electron chi connectivity index (χ4n) is 2.85. The first-order chi connectivity index (χ1) is 9.86. The van der Waals surface area contributed by atoms with E-state index in [1.54, 1.807) is 12.1 Å². The summed E-state index contributed by atoms with van der Waals surface area (Å²) in [5, 5.41) is 12.4. The average molecular weight is 466 g/mol. The van der Waals surface area contributed by atoms with E-state index in [1.807, 2.05) is 13.0 Å². The molecule has 0 heterocycles. The molecule has 114 valence electrons. The summed E-state index contributed by atoms with van der Waals surface area (Å²) in [4.78, 5) is 24.3. The van der Waals surface area contributed by atoms with E-state index in [-0.39, 0.29) is 11.8 Å². The van der Waals surface area contributed by atoms with Crippen LogP contribution < -0.4 is 5.32 Å². The Hall–Kier alpha value is -0.630. The number of hydrogen-bond acceptors (Lipinski definition) is 2. The lowest BCUT2D eigenvalue weighted by molar-refractivity contribution is -0.148. The maximum Gasteiger partial charge on any atom is 0.329 e. The number of carbonyl (C=O) groups is 2. The third-order valence-corrected chi connectivity index (χ3v) is 5.55. The number of amides is 1. The smallest absolute Gasteiger partial charge is 0.329 e. The van der Waals surface area contributed by atoms with Crippen LogP contribution in [-0.2, 0) is 4.79 Å². The fraction of sp³-hybridized carbons (Fsp3) is 0.467. The van der Waals surface area contributed by atoms with Crippen LogP contribution in [0.3, 0.4) is 0 Å². The normalized spacial score (nSPS) is 25.4. The molecule has 0 saturated heterocycles. The van der Waals surface area contributed by atoms with Crippen molar-refractivity contribution in [2.24, 2.45) is 5.92 Å². The van der Waals surface area contributed by atoms with Gasteiger partial charge in [-0.2, -0.15) is 0 Å². The third kappa shape index (κ3) is 3.41. The van der Waals surface area contributed by atoms with Crippen molar-refractivity contribution in [2.75, 3.05) is 0 Å². The first kappa shape index (κ1) is 16.7. The molecule has 0 spiro atoms. The van der Waals surface area contributed by atoms with Crippen molar-refractivity contribution in [1.82, 2.24) is 5.32 Å². The molecular weight excluding hydrogens is 449 g/mol. The number of aliphatic carboxylic acids is 1. The zero-order valence-electron chi connectivity index (χ0n) is 11.7. The summed E-state index contributed by atoms with van der Waals surface area (Å²) >= 11 is 5.48. The van der Waals surface area contributed by atoms with Crippen molar-refractivity contribution in [3.8, 4) is 0 Å². The van der Waals surface area contributed by atoms with Crippen LogP contribution in [0.1, 0.15) is 43.0 Å². The highest BCUT2D eigenvalue weighted by atomic mass is 127. The Bertz CT molecular complexity index is 578. The minimum absolute atomic E-state index is 0.0748. The minimum Gasteiger partial charge on any atom is -0.479 e. The summed E-state index contributed by atoms with van der Waals surface area (Å²) in [6.45, 7) is 1.90. The summed E-state index contributed by atoms with van der Waals surface area (Å²) in [7, 11) is 0. The number of carboxylic acids is 1. The van der Waals surface area contributed by atoms with Crippen molar-refractivity contribution in [1.29, 1.82) is 0 Å². The van der Waals surface area contributed by atoms with E-state index in [1.165, 1.54) is 0 Å². The Morgan fingerprint density at radius 3 is 2.76 bits per heavy atom. The third-order valence-electron chi connectivity index (χ3n) is 4.19. The molecule has 0 radical (unpaired) electrons. The van der Waals surface area contributed by atoms with Crippen LogP contribution in [0.25, 0.3) is 0 Å². The van der Waals surface area contributed by atoms with Gasteiger partial charge in [0, 0.05) is 8.04 Å². The summed E-state index contributed by atoms with van der Waals surface area (Å²) < 4.78 is 1.60. The van der Waals surface area contributed by atoms with Crippen LogP contribution >= 0.6 is 38.5 Å². The highest BCUT2D eigenvalue weighted by Gasteiger charge is 2.46. The zero-order chi connectivity index (χ0) is 15.6. The van der Waals surface area contributed by atoms with E-state index in [9.17, 15) is 14.7 Å². The lowest BCUT2D eigenvalue weighted by atomic mass is 9.73. The van der Waals surface area contributed by atoms with Gasteiger partial charge in [-0.3, -0.25) is 4.79 Å². The molecule has 1 aromatic carbocycles. The number of benzene rings is 1. The predicted octanol–water partition coefficient (Wildman–Crippen LogP) is 3.82. The largest absolute Gasteiger partial charge is 0.479 e. The monoisotopic (exact) mass is 465 g/mol. The van der Waals surface area contributed by atoms with Gasteiger partial charge in [-0.15, -0.1) is 0 Å². The highest BCUT2D eigenvalue weighted by Crippen LogP contribution is 2.34. The first-order valence-electron chi connectivity index (χ1n) is 6.88. The van der Waals surface area contributed by atoms with Crippen LogP contribution in [0.4, 0.5) is 0 Å². The van der Waals surface area contributed by atoms with Gasteiger partial charge in [-0.25, -0.2) is 4.79 Å². The Kier molecular flexibility index (Phi) is 5.29. The van der Waals surface area contributed by atoms with Crippen molar-refractivity contribution in [2.45, 2.75) is 38.1 Å². The number of halogens is 2. The van der Waals surface area contributed by atoms with E-state index in [0.29, 0.717) is 16.5 Å². The summed E-state index contributed by atoms with van der Waals surface area (Å²) in [6, 6.07) is 5.44. The van der Waals surface area contributed by atoms with Gasteiger partial charge < -0.3 is 10.4 Å². The molecule has 2 N–H and O–H groups in total. The number of carboxylic acid groups (broad SMARTS) is 1. The molecular formula is C15H17BrINO3. The highest BCUT2D eigenvalue weighted by molar-refractivity contribution is 14.1. The van der Waals surface area contributed by atoms with Gasteiger partial charge in [-0.1, -0.05) is 19.8 Å². The summed E-state index contributed by atoms with van der Waals surface area (Å²) in [6.07, 6.45) is 3.14. The quantitative estimate of drug-likeness (QED) is 0.667. The molecule has 0 aliphatic heterocycles. The molecule has 0 aromatic heterocycles. The van der Waals surface area contributed by atoms with Gasteiger partial charge in [-0.05, 0) is 75.5 Å². The number of hydrogen-bond donors (Lipinski definition) is 2. The van der Waals surface area contributed by atoms with Gasteiger partial charge in [0.25, 0.3) is 5.91 Å². The lowest BCUT2D eigenvalue weighted by Crippen LogP contribution is -2.60. The zero-order valence-corrected chi connectivity index (χ0v) is 15.4. The SMILES string of the molecule is CC1CCCCC1(NC(=O)c1cc(I)ccc1Br)C(=O)O. The molecule has 1 amide bonds. The van der Waals surface area contributed by atoms with Crippen molar-refractivity contribution >= 4 is 50.4 Å². The van der Waals surface area contributed by atoms with Crippen LogP contribution in [-0.4, -0.2) is 22.5 Å². The Labute approximate surface area is 146 Å². The molecule has 1 aliphatic carbocycles. The fourth-order valence-corrected chi connectivity index (χ4v) is 3.76. The average Bonchev–Trinajstić information content (AvgIpc) is 2.43. The maximum atomic E-state index is 12.5. The molecule has 1 aromatic rings.